The van der Waals surface area contributed by atoms with Crippen molar-refractivity contribution < 1.29 is 4.79 Å². The lowest BCUT2D eigenvalue weighted by molar-refractivity contribution is -0.120. The zero-order valence-corrected chi connectivity index (χ0v) is 14.7. The van der Waals surface area contributed by atoms with Gasteiger partial charge in [-0.25, -0.2) is 9.97 Å². The van der Waals surface area contributed by atoms with Crippen molar-refractivity contribution in [2.45, 2.75) is 26.7 Å². The van der Waals surface area contributed by atoms with Crippen molar-refractivity contribution in [3.05, 3.63) is 63.6 Å². The molecule has 0 bridgehead atoms. The Morgan fingerprint density at radius 3 is 2.65 bits per heavy atom. The van der Waals surface area contributed by atoms with Gasteiger partial charge in [0.1, 0.15) is 11.6 Å². The van der Waals surface area contributed by atoms with Gasteiger partial charge in [-0.15, -0.1) is 0 Å². The van der Waals surface area contributed by atoms with Gasteiger partial charge in [-0.05, 0) is 13.8 Å². The van der Waals surface area contributed by atoms with E-state index in [-0.39, 0.29) is 17.9 Å². The molecule has 0 aliphatic rings. The van der Waals surface area contributed by atoms with Gasteiger partial charge in [-0.2, -0.15) is 5.10 Å². The van der Waals surface area contributed by atoms with Gasteiger partial charge in [-0.1, -0.05) is 30.3 Å². The molecule has 0 spiro atoms. The number of amides is 1. The standard InChI is InChI=1S/C18H20N6O2/c1-11-14(18(26)21-12(2)20-11)10-16(25)19-9-8-15-22-17(24-23-15)13-6-4-3-5-7-13/h3-7H,8-10H2,1-2H3,(H,19,25)(H,20,21,26)(H,22,23,24). The van der Waals surface area contributed by atoms with E-state index in [9.17, 15) is 9.59 Å². The first-order valence-corrected chi connectivity index (χ1v) is 8.32. The van der Waals surface area contributed by atoms with E-state index in [1.807, 2.05) is 30.3 Å². The van der Waals surface area contributed by atoms with Crippen LogP contribution in [0, 0.1) is 13.8 Å². The molecule has 0 unspecified atom stereocenters. The van der Waals surface area contributed by atoms with Crippen LogP contribution >= 0.6 is 0 Å². The van der Waals surface area contributed by atoms with Crippen molar-refractivity contribution in [3.8, 4) is 11.4 Å². The lowest BCUT2D eigenvalue weighted by Gasteiger charge is -2.06. The van der Waals surface area contributed by atoms with E-state index in [1.54, 1.807) is 13.8 Å². The SMILES string of the molecule is Cc1nc(C)c(CC(=O)NCCc2nc(-c3ccccc3)n[nH]2)c(=O)[nH]1. The molecular formula is C18H20N6O2. The quantitative estimate of drug-likeness (QED) is 0.614. The maximum absolute atomic E-state index is 12.1. The Bertz CT molecular complexity index is 961. The number of H-pyrrole nitrogens is 2. The fourth-order valence-corrected chi connectivity index (χ4v) is 2.63. The Labute approximate surface area is 150 Å². The first-order valence-electron chi connectivity index (χ1n) is 8.32. The Morgan fingerprint density at radius 1 is 1.15 bits per heavy atom. The number of aromatic nitrogens is 5. The van der Waals surface area contributed by atoms with Crippen LogP contribution in [0.5, 0.6) is 0 Å². The van der Waals surface area contributed by atoms with E-state index >= 15 is 0 Å². The molecule has 2 aromatic heterocycles. The molecule has 26 heavy (non-hydrogen) atoms. The minimum atomic E-state index is -0.270. The molecule has 134 valence electrons. The first-order chi connectivity index (χ1) is 12.5. The van der Waals surface area contributed by atoms with Crippen molar-refractivity contribution in [1.29, 1.82) is 0 Å². The Hall–Kier alpha value is -3.29. The third kappa shape index (κ3) is 4.21. The molecule has 2 heterocycles. The molecule has 3 N–H and O–H groups in total. The van der Waals surface area contributed by atoms with Crippen LogP contribution in [0.3, 0.4) is 0 Å². The minimum Gasteiger partial charge on any atom is -0.355 e. The molecular weight excluding hydrogens is 332 g/mol. The van der Waals surface area contributed by atoms with Crippen LogP contribution < -0.4 is 10.9 Å². The van der Waals surface area contributed by atoms with Gasteiger partial charge in [0.15, 0.2) is 5.82 Å². The van der Waals surface area contributed by atoms with E-state index in [1.165, 1.54) is 0 Å². The number of aryl methyl sites for hydroxylation is 2. The molecule has 8 nitrogen and oxygen atoms in total. The zero-order valence-electron chi connectivity index (χ0n) is 14.7. The highest BCUT2D eigenvalue weighted by Crippen LogP contribution is 2.13. The second-order valence-electron chi connectivity index (χ2n) is 5.96. The van der Waals surface area contributed by atoms with Crippen molar-refractivity contribution >= 4 is 5.91 Å². The predicted octanol–water partition coefficient (Wildman–Crippen LogP) is 1.07. The number of benzene rings is 1. The average Bonchev–Trinajstić information content (AvgIpc) is 3.08. The molecule has 0 atom stereocenters. The summed E-state index contributed by atoms with van der Waals surface area (Å²) in [5, 5.41) is 9.85. The molecule has 1 aromatic carbocycles. The molecule has 8 heteroatoms. The zero-order chi connectivity index (χ0) is 18.5. The van der Waals surface area contributed by atoms with Crippen LogP contribution in [0.2, 0.25) is 0 Å². The molecule has 3 rings (SSSR count). The fraction of sp³-hybridized carbons (Fsp3) is 0.278. The summed E-state index contributed by atoms with van der Waals surface area (Å²) in [6, 6.07) is 9.65. The molecule has 0 aliphatic carbocycles. The van der Waals surface area contributed by atoms with Gasteiger partial charge in [-0.3, -0.25) is 14.7 Å². The topological polar surface area (TPSA) is 116 Å². The summed E-state index contributed by atoms with van der Waals surface area (Å²) in [6.45, 7) is 3.84. The van der Waals surface area contributed by atoms with Crippen LogP contribution in [-0.4, -0.2) is 37.6 Å². The van der Waals surface area contributed by atoms with Crippen LogP contribution in [0.4, 0.5) is 0 Å². The van der Waals surface area contributed by atoms with E-state index < -0.39 is 0 Å². The molecule has 0 saturated heterocycles. The summed E-state index contributed by atoms with van der Waals surface area (Å²) in [7, 11) is 0. The van der Waals surface area contributed by atoms with Crippen molar-refractivity contribution in [3.63, 3.8) is 0 Å². The average molecular weight is 352 g/mol. The molecule has 0 radical (unpaired) electrons. The van der Waals surface area contributed by atoms with Gasteiger partial charge in [0.25, 0.3) is 5.56 Å². The Kier molecular flexibility index (Phi) is 5.21. The minimum absolute atomic E-state index is 0.000116. The summed E-state index contributed by atoms with van der Waals surface area (Å²) in [4.78, 5) is 35.2. The summed E-state index contributed by atoms with van der Waals surface area (Å²) >= 11 is 0. The van der Waals surface area contributed by atoms with Crippen LogP contribution in [-0.2, 0) is 17.6 Å². The van der Waals surface area contributed by atoms with Gasteiger partial charge >= 0.3 is 0 Å². The highest BCUT2D eigenvalue weighted by Gasteiger charge is 2.12. The summed E-state index contributed by atoms with van der Waals surface area (Å²) in [5.74, 6) is 1.62. The number of nitrogens with zero attached hydrogens (tertiary/aromatic N) is 3. The maximum atomic E-state index is 12.1. The number of hydrogen-bond donors (Lipinski definition) is 3. The van der Waals surface area contributed by atoms with E-state index in [4.69, 9.17) is 0 Å². The van der Waals surface area contributed by atoms with Crippen LogP contribution in [0.15, 0.2) is 35.1 Å². The second-order valence-corrected chi connectivity index (χ2v) is 5.96. The van der Waals surface area contributed by atoms with Crippen molar-refractivity contribution in [2.24, 2.45) is 0 Å². The van der Waals surface area contributed by atoms with E-state index in [0.717, 1.165) is 5.56 Å². The molecule has 0 aliphatic heterocycles. The number of rotatable bonds is 6. The van der Waals surface area contributed by atoms with Crippen molar-refractivity contribution in [1.82, 2.24) is 30.5 Å². The maximum Gasteiger partial charge on any atom is 0.254 e. The molecule has 1 amide bonds. The monoisotopic (exact) mass is 352 g/mol. The van der Waals surface area contributed by atoms with Crippen LogP contribution in [0.1, 0.15) is 22.9 Å². The predicted molar refractivity (Wildman–Crippen MR) is 96.6 cm³/mol. The van der Waals surface area contributed by atoms with Gasteiger partial charge in [0, 0.05) is 29.8 Å². The second kappa shape index (κ2) is 7.73. The molecule has 3 aromatic rings. The third-order valence-corrected chi connectivity index (χ3v) is 3.93. The van der Waals surface area contributed by atoms with E-state index in [2.05, 4.69) is 30.5 Å². The van der Waals surface area contributed by atoms with Gasteiger partial charge < -0.3 is 10.3 Å². The number of nitrogens with one attached hydrogen (secondary N) is 3. The lowest BCUT2D eigenvalue weighted by atomic mass is 10.1. The number of carbonyl (C=O) groups excluding carboxylic acids is 1. The van der Waals surface area contributed by atoms with E-state index in [0.29, 0.717) is 41.7 Å². The number of hydrogen-bond acceptors (Lipinski definition) is 5. The largest absolute Gasteiger partial charge is 0.355 e. The van der Waals surface area contributed by atoms with Gasteiger partial charge in [0.2, 0.25) is 5.91 Å². The number of carbonyl (C=O) groups is 1. The molecule has 0 fully saturated rings. The molecule has 0 saturated carbocycles. The normalized spacial score (nSPS) is 10.7. The highest BCUT2D eigenvalue weighted by atomic mass is 16.2. The summed E-state index contributed by atoms with van der Waals surface area (Å²) in [6.07, 6.45) is 0.521. The summed E-state index contributed by atoms with van der Waals surface area (Å²) < 4.78 is 0. The van der Waals surface area contributed by atoms with Gasteiger partial charge in [0.05, 0.1) is 6.42 Å². The first kappa shape index (κ1) is 17.5. The third-order valence-electron chi connectivity index (χ3n) is 3.93. The smallest absolute Gasteiger partial charge is 0.254 e. The highest BCUT2D eigenvalue weighted by molar-refractivity contribution is 5.78. The van der Waals surface area contributed by atoms with Crippen molar-refractivity contribution in [2.75, 3.05) is 6.54 Å². The Morgan fingerprint density at radius 2 is 1.92 bits per heavy atom. The fourth-order valence-electron chi connectivity index (χ4n) is 2.63. The lowest BCUT2D eigenvalue weighted by Crippen LogP contribution is -2.30. The Balaban J connectivity index is 1.53. The number of aromatic amines is 2. The summed E-state index contributed by atoms with van der Waals surface area (Å²) in [5.41, 5.74) is 1.62. The van der Waals surface area contributed by atoms with Crippen LogP contribution in [0.25, 0.3) is 11.4 Å².